The number of carbonyl (C=O) groups is 2. The fraction of sp³-hybridized carbons (Fsp3) is 0.300. The average molecular weight is 386 g/mol. The number of anilines is 1. The molecule has 27 heavy (non-hydrogen) atoms. The molecule has 0 aliphatic carbocycles. The second-order valence-electron chi connectivity index (χ2n) is 6.02. The third-order valence-electron chi connectivity index (χ3n) is 4.08. The zero-order valence-corrected chi connectivity index (χ0v) is 15.9. The second kappa shape index (κ2) is 9.32. The molecule has 0 radical (unpaired) electrons. The highest BCUT2D eigenvalue weighted by molar-refractivity contribution is 7.98. The highest BCUT2D eigenvalue weighted by Gasteiger charge is 2.22. The van der Waals surface area contributed by atoms with E-state index in [1.165, 1.54) is 0 Å². The summed E-state index contributed by atoms with van der Waals surface area (Å²) in [5.41, 5.74) is 1.13. The topological polar surface area (TPSA) is 76.7 Å². The highest BCUT2D eigenvalue weighted by atomic mass is 32.2. The van der Waals surface area contributed by atoms with Gasteiger partial charge in [-0.05, 0) is 42.7 Å². The lowest BCUT2D eigenvalue weighted by atomic mass is 10.1. The molecule has 1 aliphatic heterocycles. The Morgan fingerprint density at radius 3 is 2.56 bits per heavy atom. The van der Waals surface area contributed by atoms with Gasteiger partial charge < -0.3 is 20.1 Å². The Balaban J connectivity index is 1.68. The summed E-state index contributed by atoms with van der Waals surface area (Å²) in [5, 5.41) is 5.69. The van der Waals surface area contributed by atoms with Crippen LogP contribution in [0.25, 0.3) is 0 Å². The molecule has 1 aliphatic rings. The summed E-state index contributed by atoms with van der Waals surface area (Å²) in [6.07, 6.45) is 2.50. The van der Waals surface area contributed by atoms with Crippen molar-refractivity contribution in [1.29, 1.82) is 0 Å². The summed E-state index contributed by atoms with van der Waals surface area (Å²) in [7, 11) is 0. The van der Waals surface area contributed by atoms with Gasteiger partial charge in [0.25, 0.3) is 5.91 Å². The van der Waals surface area contributed by atoms with Crippen molar-refractivity contribution in [2.45, 2.75) is 12.5 Å². The Kier molecular flexibility index (Phi) is 6.59. The molecule has 0 bridgehead atoms. The molecule has 142 valence electrons. The first-order valence-electron chi connectivity index (χ1n) is 8.73. The molecule has 1 unspecified atom stereocenters. The van der Waals surface area contributed by atoms with E-state index in [0.29, 0.717) is 42.4 Å². The van der Waals surface area contributed by atoms with Gasteiger partial charge in [0.15, 0.2) is 11.5 Å². The molecule has 0 aromatic heterocycles. The predicted molar refractivity (Wildman–Crippen MR) is 107 cm³/mol. The van der Waals surface area contributed by atoms with E-state index in [2.05, 4.69) is 10.6 Å². The average Bonchev–Trinajstić information content (AvgIpc) is 2.71. The minimum Gasteiger partial charge on any atom is -0.486 e. The molecule has 6 nitrogen and oxygen atoms in total. The fourth-order valence-corrected chi connectivity index (χ4v) is 3.16. The van der Waals surface area contributed by atoms with Crippen LogP contribution in [-0.2, 0) is 4.79 Å². The van der Waals surface area contributed by atoms with E-state index in [1.54, 1.807) is 54.2 Å². The smallest absolute Gasteiger partial charge is 0.251 e. The van der Waals surface area contributed by atoms with E-state index in [9.17, 15) is 9.59 Å². The fourth-order valence-electron chi connectivity index (χ4n) is 2.69. The maximum atomic E-state index is 12.7. The lowest BCUT2D eigenvalue weighted by Crippen LogP contribution is -2.44. The Bertz CT molecular complexity index is 798. The number of amides is 2. The van der Waals surface area contributed by atoms with E-state index in [4.69, 9.17) is 9.47 Å². The van der Waals surface area contributed by atoms with Crippen molar-refractivity contribution < 1.29 is 19.1 Å². The molecule has 1 heterocycles. The van der Waals surface area contributed by atoms with E-state index >= 15 is 0 Å². The zero-order valence-electron chi connectivity index (χ0n) is 15.1. The first-order valence-corrected chi connectivity index (χ1v) is 10.1. The largest absolute Gasteiger partial charge is 0.486 e. The molecular formula is C20H22N2O4S. The van der Waals surface area contributed by atoms with Gasteiger partial charge in [-0.1, -0.05) is 18.2 Å². The van der Waals surface area contributed by atoms with Crippen molar-refractivity contribution in [3.05, 3.63) is 54.1 Å². The zero-order chi connectivity index (χ0) is 19.1. The van der Waals surface area contributed by atoms with Gasteiger partial charge in [-0.3, -0.25) is 9.59 Å². The number of benzene rings is 2. The van der Waals surface area contributed by atoms with Gasteiger partial charge >= 0.3 is 0 Å². The molecule has 2 amide bonds. The number of thioether (sulfide) groups is 1. The number of carbonyl (C=O) groups excluding carboxylic acids is 2. The Hall–Kier alpha value is -2.67. The second-order valence-corrected chi connectivity index (χ2v) is 7.01. The normalized spacial score (nSPS) is 13.5. The van der Waals surface area contributed by atoms with Crippen LogP contribution in [0.5, 0.6) is 11.5 Å². The number of nitrogens with one attached hydrogen (secondary N) is 2. The molecule has 2 aromatic carbocycles. The van der Waals surface area contributed by atoms with Gasteiger partial charge in [-0.25, -0.2) is 0 Å². The third kappa shape index (κ3) is 5.17. The van der Waals surface area contributed by atoms with Gasteiger partial charge in [0.05, 0.1) is 0 Å². The van der Waals surface area contributed by atoms with Crippen molar-refractivity contribution in [3.63, 3.8) is 0 Å². The van der Waals surface area contributed by atoms with Crippen molar-refractivity contribution in [2.75, 3.05) is 30.5 Å². The van der Waals surface area contributed by atoms with Crippen LogP contribution >= 0.6 is 11.8 Å². The summed E-state index contributed by atoms with van der Waals surface area (Å²) in [4.78, 5) is 25.2. The predicted octanol–water partition coefficient (Wildman–Crippen LogP) is 2.95. The molecule has 0 saturated carbocycles. The van der Waals surface area contributed by atoms with E-state index in [0.717, 1.165) is 5.75 Å². The SMILES string of the molecule is CSCCC(NC(=O)c1ccccc1)C(=O)Nc1ccc2c(c1)OCCO2. The lowest BCUT2D eigenvalue weighted by Gasteiger charge is -2.21. The van der Waals surface area contributed by atoms with Crippen LogP contribution in [0.2, 0.25) is 0 Å². The maximum Gasteiger partial charge on any atom is 0.251 e. The first-order chi connectivity index (χ1) is 13.2. The first kappa shape index (κ1) is 19.1. The number of fused-ring (bicyclic) bond motifs is 1. The summed E-state index contributed by atoms with van der Waals surface area (Å²) in [6.45, 7) is 0.995. The van der Waals surface area contributed by atoms with Crippen LogP contribution in [-0.4, -0.2) is 43.1 Å². The van der Waals surface area contributed by atoms with E-state index < -0.39 is 6.04 Å². The van der Waals surface area contributed by atoms with Gasteiger partial charge in [0.2, 0.25) is 5.91 Å². The van der Waals surface area contributed by atoms with Gasteiger partial charge in [-0.2, -0.15) is 11.8 Å². The molecule has 0 fully saturated rings. The standard InChI is InChI=1S/C20H22N2O4S/c1-27-12-9-16(22-19(23)14-5-3-2-4-6-14)20(24)21-15-7-8-17-18(13-15)26-11-10-25-17/h2-8,13,16H,9-12H2,1H3,(H,21,24)(H,22,23). The maximum absolute atomic E-state index is 12.7. The Labute approximate surface area is 162 Å². The van der Waals surface area contributed by atoms with E-state index in [-0.39, 0.29) is 11.8 Å². The van der Waals surface area contributed by atoms with Crippen LogP contribution < -0.4 is 20.1 Å². The molecule has 2 aromatic rings. The lowest BCUT2D eigenvalue weighted by molar-refractivity contribution is -0.118. The Morgan fingerprint density at radius 1 is 1.07 bits per heavy atom. The molecule has 2 N–H and O–H groups in total. The third-order valence-corrected chi connectivity index (χ3v) is 4.72. The molecule has 7 heteroatoms. The Morgan fingerprint density at radius 2 is 1.81 bits per heavy atom. The minimum atomic E-state index is -0.627. The quantitative estimate of drug-likeness (QED) is 0.765. The van der Waals surface area contributed by atoms with Crippen LogP contribution in [0.1, 0.15) is 16.8 Å². The minimum absolute atomic E-state index is 0.259. The number of hydrogen-bond donors (Lipinski definition) is 2. The van der Waals surface area contributed by atoms with Crippen LogP contribution in [0.15, 0.2) is 48.5 Å². The monoisotopic (exact) mass is 386 g/mol. The molecule has 0 spiro atoms. The number of hydrogen-bond acceptors (Lipinski definition) is 5. The molecule has 1 atom stereocenters. The van der Waals surface area contributed by atoms with Crippen LogP contribution in [0.3, 0.4) is 0 Å². The van der Waals surface area contributed by atoms with Crippen molar-refractivity contribution in [2.24, 2.45) is 0 Å². The van der Waals surface area contributed by atoms with Crippen molar-refractivity contribution in [1.82, 2.24) is 5.32 Å². The number of ether oxygens (including phenoxy) is 2. The number of rotatable bonds is 7. The summed E-state index contributed by atoms with van der Waals surface area (Å²) < 4.78 is 11.0. The van der Waals surface area contributed by atoms with Gasteiger partial charge in [-0.15, -0.1) is 0 Å². The summed E-state index contributed by atoms with van der Waals surface area (Å²) >= 11 is 1.63. The van der Waals surface area contributed by atoms with Crippen molar-refractivity contribution >= 4 is 29.3 Å². The molecule has 3 rings (SSSR count). The van der Waals surface area contributed by atoms with Crippen LogP contribution in [0.4, 0.5) is 5.69 Å². The summed E-state index contributed by atoms with van der Waals surface area (Å²) in [6, 6.07) is 13.5. The highest BCUT2D eigenvalue weighted by Crippen LogP contribution is 2.32. The van der Waals surface area contributed by atoms with Gasteiger partial charge in [0, 0.05) is 17.3 Å². The van der Waals surface area contributed by atoms with Crippen molar-refractivity contribution in [3.8, 4) is 11.5 Å². The molecule has 0 saturated heterocycles. The van der Waals surface area contributed by atoms with Gasteiger partial charge in [0.1, 0.15) is 19.3 Å². The summed E-state index contributed by atoms with van der Waals surface area (Å²) in [5.74, 6) is 1.50. The van der Waals surface area contributed by atoms with E-state index in [1.807, 2.05) is 12.3 Å². The molecular weight excluding hydrogens is 364 g/mol. The van der Waals surface area contributed by atoms with Crippen LogP contribution in [0, 0.1) is 0 Å².